The van der Waals surface area contributed by atoms with Crippen LogP contribution in [0.4, 0.5) is 0 Å². The number of pyridine rings is 1. The second kappa shape index (κ2) is 13.8. The van der Waals surface area contributed by atoms with E-state index in [4.69, 9.17) is 4.74 Å². The van der Waals surface area contributed by atoms with Crippen LogP contribution in [-0.2, 0) is 14.3 Å². The number of aromatic hydroxyl groups is 1. The normalized spacial score (nSPS) is 18.1. The van der Waals surface area contributed by atoms with Crippen LogP contribution in [0.25, 0.3) is 6.08 Å². The number of carbonyl (C=O) groups excluding carboxylic acids is 2. The van der Waals surface area contributed by atoms with Gasteiger partial charge in [0.05, 0.1) is 0 Å². The summed E-state index contributed by atoms with van der Waals surface area (Å²) in [5, 5.41) is 11.8. The SMILES string of the molecule is O=C(OC(c1ccccc1)c1ccccc1)C1=C(CS/C=C\c2cccnc2)CS[C@@H]2C(/N=C/c3ccccc3O)C(=O)N12. The molecule has 1 unspecified atom stereocenters. The number of rotatable bonds is 10. The first kappa shape index (κ1) is 29.5. The van der Waals surface area contributed by atoms with Crippen molar-refractivity contribution in [1.82, 2.24) is 9.88 Å². The summed E-state index contributed by atoms with van der Waals surface area (Å²) in [5.74, 6) is 0.336. The summed E-state index contributed by atoms with van der Waals surface area (Å²) in [6.07, 6.45) is 6.35. The standard InChI is InChI=1S/C35H29N3O4S2/c39-29-16-8-7-15-27(29)21-37-30-33(40)38-31(28(23-44-34(30)38)22-43-19-17-24-10-9-18-36-20-24)35(41)42-32(25-11-3-1-4-12-25)26-13-5-2-6-14-26/h1-21,30,32,34,39H,22-23H2/b19-17-,37-21+/t30?,34-/m1/s1. The number of carbonyl (C=O) groups is 2. The molecule has 7 nitrogen and oxygen atoms in total. The first-order valence-electron chi connectivity index (χ1n) is 14.1. The lowest BCUT2D eigenvalue weighted by Crippen LogP contribution is -2.64. The quantitative estimate of drug-likeness (QED) is 0.123. The van der Waals surface area contributed by atoms with Gasteiger partial charge >= 0.3 is 5.97 Å². The number of aliphatic imine (C=N–C) groups is 1. The van der Waals surface area contributed by atoms with E-state index in [1.807, 2.05) is 84.3 Å². The Hall–Kier alpha value is -4.60. The maximum atomic E-state index is 14.1. The van der Waals surface area contributed by atoms with E-state index in [0.29, 0.717) is 17.1 Å². The van der Waals surface area contributed by atoms with Crippen LogP contribution in [0.5, 0.6) is 5.75 Å². The van der Waals surface area contributed by atoms with E-state index in [9.17, 15) is 14.7 Å². The van der Waals surface area contributed by atoms with Gasteiger partial charge in [0, 0.05) is 35.7 Å². The summed E-state index contributed by atoms with van der Waals surface area (Å²) < 4.78 is 6.24. The topological polar surface area (TPSA) is 92.1 Å². The summed E-state index contributed by atoms with van der Waals surface area (Å²) in [4.78, 5) is 37.9. The highest BCUT2D eigenvalue weighted by molar-refractivity contribution is 8.02. The summed E-state index contributed by atoms with van der Waals surface area (Å²) in [6, 6.07) is 29.2. The molecular weight excluding hydrogens is 591 g/mol. The molecule has 0 spiro atoms. The average Bonchev–Trinajstić information content (AvgIpc) is 3.07. The Bertz CT molecular complexity index is 1670. The molecule has 0 aliphatic carbocycles. The van der Waals surface area contributed by atoms with Crippen LogP contribution in [0.2, 0.25) is 0 Å². The molecule has 2 atom stereocenters. The number of amides is 1. The van der Waals surface area contributed by atoms with Crippen LogP contribution in [0.15, 0.2) is 131 Å². The van der Waals surface area contributed by atoms with Gasteiger partial charge in [0.2, 0.25) is 0 Å². The molecule has 4 aromatic rings. The molecule has 2 aliphatic heterocycles. The van der Waals surface area contributed by atoms with Crippen LogP contribution in [0, 0.1) is 0 Å². The minimum atomic E-state index is -0.666. The number of hydrogen-bond donors (Lipinski definition) is 1. The number of hydrogen-bond acceptors (Lipinski definition) is 8. The summed E-state index contributed by atoms with van der Waals surface area (Å²) in [5.41, 5.74) is 4.29. The lowest BCUT2D eigenvalue weighted by molar-refractivity contribution is -0.153. The number of β-lactam (4-membered cyclic amide) rings is 1. The van der Waals surface area contributed by atoms with E-state index in [2.05, 4.69) is 9.98 Å². The van der Waals surface area contributed by atoms with Gasteiger partial charge in [0.25, 0.3) is 5.91 Å². The molecule has 2 aliphatic rings. The number of fused-ring (bicyclic) bond motifs is 1. The third-order valence-electron chi connectivity index (χ3n) is 7.25. The molecule has 9 heteroatoms. The van der Waals surface area contributed by atoms with Crippen molar-refractivity contribution >= 4 is 47.7 Å². The van der Waals surface area contributed by atoms with Crippen LogP contribution in [0.1, 0.15) is 28.4 Å². The van der Waals surface area contributed by atoms with Crippen molar-refractivity contribution in [3.63, 3.8) is 0 Å². The zero-order valence-corrected chi connectivity index (χ0v) is 25.2. The maximum Gasteiger partial charge on any atom is 0.356 e. The van der Waals surface area contributed by atoms with Gasteiger partial charge in [-0.15, -0.1) is 23.5 Å². The van der Waals surface area contributed by atoms with E-state index in [-0.39, 0.29) is 22.7 Å². The second-order valence-electron chi connectivity index (χ2n) is 10.2. The largest absolute Gasteiger partial charge is 0.507 e. The number of nitrogens with zero attached hydrogens (tertiary/aromatic N) is 3. The maximum absolute atomic E-state index is 14.1. The first-order chi connectivity index (χ1) is 21.6. The zero-order chi connectivity index (χ0) is 30.3. The number of aromatic nitrogens is 1. The number of ether oxygens (including phenoxy) is 1. The minimum absolute atomic E-state index is 0.0897. The summed E-state index contributed by atoms with van der Waals surface area (Å²) >= 11 is 3.12. The van der Waals surface area contributed by atoms with Gasteiger partial charge in [-0.05, 0) is 51.9 Å². The first-order valence-corrected chi connectivity index (χ1v) is 16.2. The zero-order valence-electron chi connectivity index (χ0n) is 23.6. The number of phenolic OH excluding ortho intramolecular Hbond substituents is 1. The fourth-order valence-corrected chi connectivity index (χ4v) is 7.28. The highest BCUT2D eigenvalue weighted by atomic mass is 32.2. The van der Waals surface area contributed by atoms with Gasteiger partial charge in [0.1, 0.15) is 16.8 Å². The number of phenols is 1. The lowest BCUT2D eigenvalue weighted by atomic mass is 10.0. The lowest BCUT2D eigenvalue weighted by Gasteiger charge is -2.48. The van der Waals surface area contributed by atoms with Gasteiger partial charge in [-0.2, -0.15) is 0 Å². The number of benzene rings is 3. The highest BCUT2D eigenvalue weighted by Crippen LogP contribution is 2.43. The van der Waals surface area contributed by atoms with E-state index in [1.165, 1.54) is 11.1 Å². The molecule has 3 aromatic carbocycles. The van der Waals surface area contributed by atoms with Crippen LogP contribution in [-0.4, -0.2) is 56.0 Å². The number of esters is 1. The smallest absolute Gasteiger partial charge is 0.356 e. The fraction of sp³-hybridized carbons (Fsp3) is 0.143. The predicted octanol–water partition coefficient (Wildman–Crippen LogP) is 6.48. The Balaban J connectivity index is 1.28. The average molecular weight is 620 g/mol. The molecule has 3 heterocycles. The Morgan fingerprint density at radius 2 is 1.73 bits per heavy atom. The Labute approximate surface area is 264 Å². The molecule has 6 rings (SSSR count). The van der Waals surface area contributed by atoms with Crippen molar-refractivity contribution in [3.05, 3.63) is 148 Å². The molecule has 44 heavy (non-hydrogen) atoms. The van der Waals surface area contributed by atoms with Crippen LogP contribution >= 0.6 is 23.5 Å². The fourth-order valence-electron chi connectivity index (χ4n) is 5.02. The molecule has 0 saturated carbocycles. The highest BCUT2D eigenvalue weighted by Gasteiger charge is 2.54. The minimum Gasteiger partial charge on any atom is -0.507 e. The monoisotopic (exact) mass is 619 g/mol. The van der Waals surface area contributed by atoms with Gasteiger partial charge < -0.3 is 9.84 Å². The van der Waals surface area contributed by atoms with E-state index in [0.717, 1.165) is 22.3 Å². The third-order valence-corrected chi connectivity index (χ3v) is 9.42. The molecule has 1 saturated heterocycles. The van der Waals surface area contributed by atoms with E-state index < -0.39 is 18.1 Å². The predicted molar refractivity (Wildman–Crippen MR) is 176 cm³/mol. The molecule has 1 aromatic heterocycles. The van der Waals surface area contributed by atoms with Crippen molar-refractivity contribution in [3.8, 4) is 5.75 Å². The summed E-state index contributed by atoms with van der Waals surface area (Å²) in [7, 11) is 0. The molecule has 1 N–H and O–H groups in total. The van der Waals surface area contributed by atoms with Crippen molar-refractivity contribution in [2.75, 3.05) is 11.5 Å². The van der Waals surface area contributed by atoms with Crippen molar-refractivity contribution in [2.45, 2.75) is 17.5 Å². The number of thioether (sulfide) groups is 2. The molecule has 1 amide bonds. The van der Waals surface area contributed by atoms with Crippen molar-refractivity contribution < 1.29 is 19.4 Å². The summed E-state index contributed by atoms with van der Waals surface area (Å²) in [6.45, 7) is 0. The Kier molecular flexibility index (Phi) is 9.24. The van der Waals surface area contributed by atoms with Crippen molar-refractivity contribution in [2.24, 2.45) is 4.99 Å². The van der Waals surface area contributed by atoms with Gasteiger partial charge in [0.15, 0.2) is 12.1 Å². The Morgan fingerprint density at radius 3 is 2.41 bits per heavy atom. The molecule has 0 bridgehead atoms. The molecule has 0 radical (unpaired) electrons. The number of para-hydroxylation sites is 1. The van der Waals surface area contributed by atoms with Gasteiger partial charge in [-0.3, -0.25) is 19.7 Å². The van der Waals surface area contributed by atoms with Gasteiger partial charge in [-0.25, -0.2) is 4.79 Å². The van der Waals surface area contributed by atoms with Gasteiger partial charge in [-0.1, -0.05) is 78.9 Å². The second-order valence-corrected chi connectivity index (χ2v) is 12.1. The molecular formula is C35H29N3O4S2. The Morgan fingerprint density at radius 1 is 1.02 bits per heavy atom. The third kappa shape index (κ3) is 6.49. The van der Waals surface area contributed by atoms with Crippen LogP contribution in [0.3, 0.4) is 0 Å². The van der Waals surface area contributed by atoms with E-state index in [1.54, 1.807) is 60.2 Å². The van der Waals surface area contributed by atoms with Crippen LogP contribution < -0.4 is 0 Å². The molecule has 220 valence electrons. The van der Waals surface area contributed by atoms with E-state index >= 15 is 0 Å². The van der Waals surface area contributed by atoms with Crippen molar-refractivity contribution in [1.29, 1.82) is 0 Å². The molecule has 1 fully saturated rings.